The molecular weight excluding hydrogens is 198 g/mol. The van der Waals surface area contributed by atoms with Crippen molar-refractivity contribution in [1.29, 1.82) is 5.26 Å². The van der Waals surface area contributed by atoms with E-state index in [1.807, 2.05) is 6.20 Å². The van der Waals surface area contributed by atoms with Crippen molar-refractivity contribution in [2.75, 3.05) is 0 Å². The zero-order chi connectivity index (χ0) is 11.5. The third-order valence-corrected chi connectivity index (χ3v) is 3.60. The predicted octanol–water partition coefficient (Wildman–Crippen LogP) is 3.26. The maximum Gasteiger partial charge on any atom is 0.0625 e. The monoisotopic (exact) mass is 217 g/mol. The minimum atomic E-state index is 0.451. The highest BCUT2D eigenvalue weighted by Crippen LogP contribution is 2.37. The van der Waals surface area contributed by atoms with E-state index in [0.717, 1.165) is 0 Å². The van der Waals surface area contributed by atoms with Gasteiger partial charge in [-0.15, -0.1) is 0 Å². The molecular formula is C13H19N3. The van der Waals surface area contributed by atoms with Crippen LogP contribution in [0.1, 0.15) is 57.1 Å². The van der Waals surface area contributed by atoms with Gasteiger partial charge >= 0.3 is 0 Å². The fourth-order valence-electron chi connectivity index (χ4n) is 2.55. The average Bonchev–Trinajstić information content (AvgIpc) is 2.84. The van der Waals surface area contributed by atoms with Crippen molar-refractivity contribution < 1.29 is 0 Å². The van der Waals surface area contributed by atoms with E-state index in [2.05, 4.69) is 35.9 Å². The van der Waals surface area contributed by atoms with Gasteiger partial charge in [0.2, 0.25) is 0 Å². The van der Waals surface area contributed by atoms with Crippen LogP contribution in [0.3, 0.4) is 0 Å². The van der Waals surface area contributed by atoms with Crippen LogP contribution in [-0.2, 0) is 0 Å². The third kappa shape index (κ3) is 2.11. The molecule has 16 heavy (non-hydrogen) atoms. The summed E-state index contributed by atoms with van der Waals surface area (Å²) in [6.07, 6.45) is 8.37. The average molecular weight is 217 g/mol. The van der Waals surface area contributed by atoms with Crippen LogP contribution in [0.2, 0.25) is 0 Å². The number of hydrogen-bond donors (Lipinski definition) is 0. The van der Waals surface area contributed by atoms with Crippen LogP contribution in [0.15, 0.2) is 12.4 Å². The van der Waals surface area contributed by atoms with Crippen molar-refractivity contribution in [3.05, 3.63) is 18.0 Å². The molecule has 0 aliphatic heterocycles. The molecule has 1 saturated carbocycles. The molecule has 2 atom stereocenters. The molecule has 0 N–H and O–H groups in total. The second-order valence-corrected chi connectivity index (χ2v) is 5.03. The number of aromatic nitrogens is 2. The van der Waals surface area contributed by atoms with Crippen molar-refractivity contribution in [2.45, 2.75) is 51.5 Å². The molecule has 1 heterocycles. The Kier molecular flexibility index (Phi) is 3.28. The molecule has 0 bridgehead atoms. The van der Waals surface area contributed by atoms with Gasteiger partial charge in [-0.3, -0.25) is 4.68 Å². The lowest BCUT2D eigenvalue weighted by molar-refractivity contribution is 0.356. The normalized spacial score (nSPS) is 24.9. The first-order chi connectivity index (χ1) is 7.72. The van der Waals surface area contributed by atoms with Gasteiger partial charge in [-0.05, 0) is 30.2 Å². The zero-order valence-electron chi connectivity index (χ0n) is 10.1. The number of hydrogen-bond acceptors (Lipinski definition) is 2. The van der Waals surface area contributed by atoms with Gasteiger partial charge in [0, 0.05) is 12.6 Å². The van der Waals surface area contributed by atoms with Crippen molar-refractivity contribution in [1.82, 2.24) is 9.78 Å². The Balaban J connectivity index is 2.13. The summed E-state index contributed by atoms with van der Waals surface area (Å²) in [6, 6.07) is 2.75. The first-order valence-corrected chi connectivity index (χ1v) is 6.13. The van der Waals surface area contributed by atoms with Gasteiger partial charge in [-0.2, -0.15) is 10.4 Å². The topological polar surface area (TPSA) is 41.6 Å². The first-order valence-electron chi connectivity index (χ1n) is 6.13. The summed E-state index contributed by atoms with van der Waals surface area (Å²) >= 11 is 0. The molecule has 1 aromatic heterocycles. The summed E-state index contributed by atoms with van der Waals surface area (Å²) in [7, 11) is 0. The summed E-state index contributed by atoms with van der Waals surface area (Å²) in [5.74, 6) is 1.04. The summed E-state index contributed by atoms with van der Waals surface area (Å²) in [6.45, 7) is 4.37. The van der Waals surface area contributed by atoms with E-state index in [-0.39, 0.29) is 0 Å². The van der Waals surface area contributed by atoms with E-state index in [0.29, 0.717) is 24.3 Å². The molecule has 0 amide bonds. The molecule has 2 unspecified atom stereocenters. The maximum atomic E-state index is 8.81. The Bertz CT molecular complexity index is 386. The lowest BCUT2D eigenvalue weighted by Crippen LogP contribution is -2.14. The molecule has 0 spiro atoms. The van der Waals surface area contributed by atoms with Gasteiger partial charge in [0.15, 0.2) is 0 Å². The van der Waals surface area contributed by atoms with Crippen LogP contribution < -0.4 is 0 Å². The van der Waals surface area contributed by atoms with E-state index in [9.17, 15) is 0 Å². The Morgan fingerprint density at radius 2 is 2.38 bits per heavy atom. The van der Waals surface area contributed by atoms with E-state index in [4.69, 9.17) is 5.26 Å². The van der Waals surface area contributed by atoms with Crippen LogP contribution in [0.25, 0.3) is 0 Å². The van der Waals surface area contributed by atoms with Crippen LogP contribution in [-0.4, -0.2) is 9.78 Å². The number of nitrogens with zero attached hydrogens (tertiary/aromatic N) is 3. The fourth-order valence-corrected chi connectivity index (χ4v) is 2.55. The smallest absolute Gasteiger partial charge is 0.0625 e. The third-order valence-electron chi connectivity index (χ3n) is 3.60. The summed E-state index contributed by atoms with van der Waals surface area (Å²) < 4.78 is 2.09. The highest BCUT2D eigenvalue weighted by atomic mass is 15.3. The second-order valence-electron chi connectivity index (χ2n) is 5.03. The molecule has 0 saturated heterocycles. The number of nitriles is 1. The largest absolute Gasteiger partial charge is 0.269 e. The van der Waals surface area contributed by atoms with Gasteiger partial charge in [-0.25, -0.2) is 0 Å². The number of rotatable bonds is 3. The molecule has 3 nitrogen and oxygen atoms in total. The van der Waals surface area contributed by atoms with Crippen LogP contribution >= 0.6 is 0 Å². The Morgan fingerprint density at radius 1 is 1.56 bits per heavy atom. The molecule has 1 aliphatic carbocycles. The van der Waals surface area contributed by atoms with E-state index >= 15 is 0 Å². The van der Waals surface area contributed by atoms with Crippen molar-refractivity contribution in [3.8, 4) is 6.07 Å². The molecule has 0 aromatic carbocycles. The van der Waals surface area contributed by atoms with Crippen molar-refractivity contribution >= 4 is 0 Å². The Morgan fingerprint density at radius 3 is 3.00 bits per heavy atom. The van der Waals surface area contributed by atoms with Crippen molar-refractivity contribution in [2.24, 2.45) is 5.92 Å². The molecule has 1 aromatic rings. The minimum absolute atomic E-state index is 0.451. The van der Waals surface area contributed by atoms with Gasteiger partial charge in [-0.1, -0.05) is 20.3 Å². The highest BCUT2D eigenvalue weighted by Gasteiger charge is 2.29. The van der Waals surface area contributed by atoms with Gasteiger partial charge < -0.3 is 0 Å². The van der Waals surface area contributed by atoms with Gasteiger partial charge in [0.1, 0.15) is 0 Å². The highest BCUT2D eigenvalue weighted by molar-refractivity contribution is 5.09. The molecule has 1 aliphatic rings. The quantitative estimate of drug-likeness (QED) is 0.779. The molecule has 86 valence electrons. The minimum Gasteiger partial charge on any atom is -0.269 e. The Labute approximate surface area is 97.1 Å². The zero-order valence-corrected chi connectivity index (χ0v) is 10.1. The van der Waals surface area contributed by atoms with Crippen molar-refractivity contribution in [3.63, 3.8) is 0 Å². The molecule has 1 fully saturated rings. The van der Waals surface area contributed by atoms with E-state index in [1.165, 1.54) is 24.8 Å². The van der Waals surface area contributed by atoms with Gasteiger partial charge in [0.25, 0.3) is 0 Å². The second kappa shape index (κ2) is 4.69. The van der Waals surface area contributed by atoms with Crippen LogP contribution in [0.4, 0.5) is 0 Å². The lowest BCUT2D eigenvalue weighted by Gasteiger charge is -2.17. The van der Waals surface area contributed by atoms with E-state index in [1.54, 1.807) is 0 Å². The summed E-state index contributed by atoms with van der Waals surface area (Å²) in [5.41, 5.74) is 1.29. The summed E-state index contributed by atoms with van der Waals surface area (Å²) in [5, 5.41) is 13.3. The summed E-state index contributed by atoms with van der Waals surface area (Å²) in [4.78, 5) is 0. The standard InChI is InChI=1S/C13H19N3/c1-10(2)12-8-15-16(9-12)13-5-3-4-11(13)6-7-14/h8-11,13H,3-6H2,1-2H3. The van der Waals surface area contributed by atoms with E-state index < -0.39 is 0 Å². The predicted molar refractivity (Wildman–Crippen MR) is 62.9 cm³/mol. The Hall–Kier alpha value is -1.30. The van der Waals surface area contributed by atoms with Crippen LogP contribution in [0.5, 0.6) is 0 Å². The fraction of sp³-hybridized carbons (Fsp3) is 0.692. The molecule has 3 heteroatoms. The molecule has 2 rings (SSSR count). The SMILES string of the molecule is CC(C)c1cnn(C2CCCC2CC#N)c1. The maximum absolute atomic E-state index is 8.81. The van der Waals surface area contributed by atoms with Crippen LogP contribution in [0, 0.1) is 17.2 Å². The van der Waals surface area contributed by atoms with Gasteiger partial charge in [0.05, 0.1) is 18.3 Å². The molecule has 0 radical (unpaired) electrons. The first kappa shape index (κ1) is 11.2. The lowest BCUT2D eigenvalue weighted by atomic mass is 10.0.